The van der Waals surface area contributed by atoms with Crippen LogP contribution in [0.25, 0.3) is 11.0 Å². The highest BCUT2D eigenvalue weighted by Crippen LogP contribution is 2.23. The van der Waals surface area contributed by atoms with Crippen LogP contribution in [0.1, 0.15) is 12.8 Å². The fourth-order valence-electron chi connectivity index (χ4n) is 2.31. The summed E-state index contributed by atoms with van der Waals surface area (Å²) in [6.07, 6.45) is 4.22. The molecule has 1 fully saturated rings. The number of hydrogen-bond acceptors (Lipinski definition) is 6. The molecule has 3 heterocycles. The molecule has 1 unspecified atom stereocenters. The van der Waals surface area contributed by atoms with Gasteiger partial charge in [0, 0.05) is 20.2 Å². The van der Waals surface area contributed by atoms with Gasteiger partial charge in [-0.2, -0.15) is 15.1 Å². The first-order chi connectivity index (χ1) is 8.74. The topological polar surface area (TPSA) is 93.0 Å². The molecule has 0 saturated carbocycles. The molecule has 0 aromatic carbocycles. The number of nitrogens with zero attached hydrogens (tertiary/aromatic N) is 4. The normalized spacial score (nSPS) is 19.5. The van der Waals surface area contributed by atoms with Crippen molar-refractivity contribution in [1.29, 1.82) is 0 Å². The summed E-state index contributed by atoms with van der Waals surface area (Å²) >= 11 is 0. The van der Waals surface area contributed by atoms with Gasteiger partial charge in [-0.1, -0.05) is 0 Å². The van der Waals surface area contributed by atoms with Crippen molar-refractivity contribution < 1.29 is 4.74 Å². The quantitative estimate of drug-likeness (QED) is 0.824. The predicted octanol–water partition coefficient (Wildman–Crippen LogP) is 0.550. The van der Waals surface area contributed by atoms with Gasteiger partial charge in [0.15, 0.2) is 5.65 Å². The average molecular weight is 248 g/mol. The second-order valence-electron chi connectivity index (χ2n) is 4.55. The van der Waals surface area contributed by atoms with Gasteiger partial charge in [0.2, 0.25) is 5.95 Å². The van der Waals surface area contributed by atoms with Gasteiger partial charge in [0.05, 0.1) is 17.7 Å². The number of ether oxygens (including phenoxy) is 1. The van der Waals surface area contributed by atoms with Gasteiger partial charge in [0.25, 0.3) is 0 Å². The van der Waals surface area contributed by atoms with Crippen LogP contribution in [0.15, 0.2) is 6.20 Å². The van der Waals surface area contributed by atoms with Crippen LogP contribution in [0.4, 0.5) is 11.8 Å². The minimum Gasteiger partial charge on any atom is -0.376 e. The number of aromatic nitrogens is 4. The number of nitrogens with two attached hydrogens (primary N) is 1. The molecule has 1 aliphatic rings. The molecule has 7 heteroatoms. The second-order valence-corrected chi connectivity index (χ2v) is 4.55. The lowest BCUT2D eigenvalue weighted by molar-refractivity contribution is 0.116. The first-order valence-electron chi connectivity index (χ1n) is 6.03. The number of fused-ring (bicyclic) bond motifs is 1. The van der Waals surface area contributed by atoms with Gasteiger partial charge >= 0.3 is 0 Å². The van der Waals surface area contributed by atoms with E-state index in [4.69, 9.17) is 10.5 Å². The summed E-state index contributed by atoms with van der Waals surface area (Å²) < 4.78 is 5.63. The number of anilines is 2. The monoisotopic (exact) mass is 248 g/mol. The number of aromatic amines is 1. The minimum absolute atomic E-state index is 0.251. The first kappa shape index (κ1) is 11.2. The number of nitrogens with one attached hydrogen (secondary N) is 1. The van der Waals surface area contributed by atoms with Crippen molar-refractivity contribution in [3.63, 3.8) is 0 Å². The van der Waals surface area contributed by atoms with Crippen molar-refractivity contribution in [3.8, 4) is 0 Å². The largest absolute Gasteiger partial charge is 0.376 e. The Morgan fingerprint density at radius 2 is 2.44 bits per heavy atom. The number of likely N-dealkylation sites (N-methyl/N-ethyl adjacent to an activating group) is 1. The summed E-state index contributed by atoms with van der Waals surface area (Å²) in [6.45, 7) is 1.66. The van der Waals surface area contributed by atoms with E-state index >= 15 is 0 Å². The Kier molecular flexibility index (Phi) is 2.75. The van der Waals surface area contributed by atoms with Gasteiger partial charge in [-0.3, -0.25) is 5.10 Å². The smallest absolute Gasteiger partial charge is 0.224 e. The van der Waals surface area contributed by atoms with Crippen molar-refractivity contribution in [1.82, 2.24) is 20.2 Å². The zero-order chi connectivity index (χ0) is 12.5. The van der Waals surface area contributed by atoms with Crippen molar-refractivity contribution in [3.05, 3.63) is 6.20 Å². The van der Waals surface area contributed by atoms with E-state index in [1.807, 2.05) is 11.9 Å². The lowest BCUT2D eigenvalue weighted by Gasteiger charge is -2.22. The molecular formula is C11H16N6O. The molecule has 0 aliphatic carbocycles. The van der Waals surface area contributed by atoms with E-state index in [0.29, 0.717) is 5.65 Å². The van der Waals surface area contributed by atoms with Crippen LogP contribution >= 0.6 is 0 Å². The van der Waals surface area contributed by atoms with E-state index in [0.717, 1.165) is 37.2 Å². The molecule has 2 aromatic rings. The van der Waals surface area contributed by atoms with Gasteiger partial charge < -0.3 is 15.4 Å². The summed E-state index contributed by atoms with van der Waals surface area (Å²) in [5.74, 6) is 1.04. The first-order valence-corrected chi connectivity index (χ1v) is 6.03. The highest BCUT2D eigenvalue weighted by atomic mass is 16.5. The summed E-state index contributed by atoms with van der Waals surface area (Å²) in [6, 6.07) is 0. The standard InChI is InChI=1S/C11H16N6O/c1-17(6-7-3-2-4-18-7)10-8-5-13-16-9(8)14-11(12)15-10/h5,7H,2-4,6H2,1H3,(H3,12,13,14,15,16). The Labute approximate surface area is 104 Å². The van der Waals surface area contributed by atoms with E-state index in [1.54, 1.807) is 6.20 Å². The highest BCUT2D eigenvalue weighted by molar-refractivity contribution is 5.87. The molecule has 1 aliphatic heterocycles. The molecule has 0 bridgehead atoms. The van der Waals surface area contributed by atoms with Crippen LogP contribution in [0, 0.1) is 0 Å². The van der Waals surface area contributed by atoms with Crippen LogP contribution in [0.3, 0.4) is 0 Å². The summed E-state index contributed by atoms with van der Waals surface area (Å²) in [5.41, 5.74) is 6.37. The molecule has 96 valence electrons. The van der Waals surface area contributed by atoms with Crippen molar-refractivity contribution in [2.45, 2.75) is 18.9 Å². The number of rotatable bonds is 3. The zero-order valence-electron chi connectivity index (χ0n) is 10.3. The molecule has 0 spiro atoms. The molecular weight excluding hydrogens is 232 g/mol. The number of nitrogen functional groups attached to an aromatic ring is 1. The SMILES string of the molecule is CN(CC1CCCO1)c1nc(N)nc2[nH]ncc12. The fraction of sp³-hybridized carbons (Fsp3) is 0.545. The number of hydrogen-bond donors (Lipinski definition) is 2. The van der Waals surface area contributed by atoms with E-state index in [2.05, 4.69) is 20.2 Å². The van der Waals surface area contributed by atoms with Crippen LogP contribution in [0.2, 0.25) is 0 Å². The van der Waals surface area contributed by atoms with E-state index in [-0.39, 0.29) is 12.1 Å². The Bertz CT molecular complexity index is 547. The van der Waals surface area contributed by atoms with Crippen LogP contribution in [-0.2, 0) is 4.74 Å². The number of H-pyrrole nitrogens is 1. The molecule has 0 amide bonds. The second kappa shape index (κ2) is 4.41. The lowest BCUT2D eigenvalue weighted by Crippen LogP contribution is -2.29. The molecule has 0 radical (unpaired) electrons. The third-order valence-electron chi connectivity index (χ3n) is 3.17. The van der Waals surface area contributed by atoms with Gasteiger partial charge in [-0.15, -0.1) is 0 Å². The molecule has 18 heavy (non-hydrogen) atoms. The maximum atomic E-state index is 5.70. The van der Waals surface area contributed by atoms with E-state index < -0.39 is 0 Å². The summed E-state index contributed by atoms with van der Waals surface area (Å²) in [5, 5.41) is 7.67. The maximum absolute atomic E-state index is 5.70. The lowest BCUT2D eigenvalue weighted by atomic mass is 10.2. The van der Waals surface area contributed by atoms with Crippen LogP contribution in [-0.4, -0.2) is 46.5 Å². The predicted molar refractivity (Wildman–Crippen MR) is 68.3 cm³/mol. The van der Waals surface area contributed by atoms with E-state index in [9.17, 15) is 0 Å². The average Bonchev–Trinajstić information content (AvgIpc) is 2.97. The zero-order valence-corrected chi connectivity index (χ0v) is 10.3. The van der Waals surface area contributed by atoms with Crippen molar-refractivity contribution in [2.75, 3.05) is 30.8 Å². The third-order valence-corrected chi connectivity index (χ3v) is 3.17. The maximum Gasteiger partial charge on any atom is 0.224 e. The molecule has 3 rings (SSSR count). The van der Waals surface area contributed by atoms with Gasteiger partial charge in [-0.05, 0) is 12.8 Å². The summed E-state index contributed by atoms with van der Waals surface area (Å²) in [7, 11) is 1.98. The highest BCUT2D eigenvalue weighted by Gasteiger charge is 2.20. The van der Waals surface area contributed by atoms with Crippen molar-refractivity contribution >= 4 is 22.8 Å². The van der Waals surface area contributed by atoms with Crippen molar-refractivity contribution in [2.24, 2.45) is 0 Å². The molecule has 3 N–H and O–H groups in total. The minimum atomic E-state index is 0.251. The third kappa shape index (κ3) is 1.97. The molecule has 1 atom stereocenters. The fourth-order valence-corrected chi connectivity index (χ4v) is 2.31. The van der Waals surface area contributed by atoms with Gasteiger partial charge in [0.1, 0.15) is 5.82 Å². The molecule has 1 saturated heterocycles. The molecule has 7 nitrogen and oxygen atoms in total. The summed E-state index contributed by atoms with van der Waals surface area (Å²) in [4.78, 5) is 10.4. The van der Waals surface area contributed by atoms with Crippen LogP contribution in [0.5, 0.6) is 0 Å². The Morgan fingerprint density at radius 1 is 1.56 bits per heavy atom. The Balaban J connectivity index is 1.89. The van der Waals surface area contributed by atoms with Gasteiger partial charge in [-0.25, -0.2) is 0 Å². The van der Waals surface area contributed by atoms with Crippen LogP contribution < -0.4 is 10.6 Å². The van der Waals surface area contributed by atoms with E-state index in [1.165, 1.54) is 0 Å². The Hall–Kier alpha value is -1.89. The Morgan fingerprint density at radius 3 is 3.22 bits per heavy atom. The molecule has 2 aromatic heterocycles.